The van der Waals surface area contributed by atoms with Crippen molar-refractivity contribution in [3.63, 3.8) is 0 Å². The fourth-order valence-electron chi connectivity index (χ4n) is 3.64. The molecule has 3 atom stereocenters. The molecule has 1 N–H and O–H groups in total. The van der Waals surface area contributed by atoms with Gasteiger partial charge in [-0.2, -0.15) is 0 Å². The lowest BCUT2D eigenvalue weighted by molar-refractivity contribution is -0.179. The standard InChI is InChI=1S/C15H29NO/c1-11(2)12(3)17-14-10-13(16-4)15(14)8-6-5-7-9-15/h11-14,16H,5-10H2,1-4H3. The molecule has 100 valence electrons. The van der Waals surface area contributed by atoms with E-state index in [0.717, 1.165) is 0 Å². The van der Waals surface area contributed by atoms with Crippen molar-refractivity contribution in [2.75, 3.05) is 7.05 Å². The largest absolute Gasteiger partial charge is 0.374 e. The smallest absolute Gasteiger partial charge is 0.0665 e. The van der Waals surface area contributed by atoms with Gasteiger partial charge in [-0.15, -0.1) is 0 Å². The Balaban J connectivity index is 1.98. The number of ether oxygens (including phenoxy) is 1. The van der Waals surface area contributed by atoms with Crippen molar-refractivity contribution in [3.8, 4) is 0 Å². The monoisotopic (exact) mass is 239 g/mol. The summed E-state index contributed by atoms with van der Waals surface area (Å²) in [6.45, 7) is 6.74. The van der Waals surface area contributed by atoms with Crippen LogP contribution >= 0.6 is 0 Å². The van der Waals surface area contributed by atoms with Gasteiger partial charge in [0, 0.05) is 11.5 Å². The van der Waals surface area contributed by atoms with Gasteiger partial charge in [-0.05, 0) is 39.2 Å². The molecule has 0 bridgehead atoms. The molecule has 2 nitrogen and oxygen atoms in total. The van der Waals surface area contributed by atoms with E-state index in [4.69, 9.17) is 4.74 Å². The molecule has 2 heteroatoms. The summed E-state index contributed by atoms with van der Waals surface area (Å²) < 4.78 is 6.33. The molecule has 0 aromatic heterocycles. The van der Waals surface area contributed by atoms with Crippen molar-refractivity contribution < 1.29 is 4.74 Å². The summed E-state index contributed by atoms with van der Waals surface area (Å²) in [5.41, 5.74) is 0.468. The van der Waals surface area contributed by atoms with Crippen molar-refractivity contribution in [2.24, 2.45) is 11.3 Å². The van der Waals surface area contributed by atoms with E-state index >= 15 is 0 Å². The van der Waals surface area contributed by atoms with E-state index in [1.807, 2.05) is 0 Å². The lowest BCUT2D eigenvalue weighted by Gasteiger charge is -2.58. The fraction of sp³-hybridized carbons (Fsp3) is 1.00. The highest BCUT2D eigenvalue weighted by Gasteiger charge is 2.55. The highest BCUT2D eigenvalue weighted by atomic mass is 16.5. The zero-order chi connectivity index (χ0) is 12.5. The maximum absolute atomic E-state index is 6.33. The Morgan fingerprint density at radius 3 is 2.29 bits per heavy atom. The van der Waals surface area contributed by atoms with Crippen LogP contribution in [0.3, 0.4) is 0 Å². The van der Waals surface area contributed by atoms with E-state index in [9.17, 15) is 0 Å². The van der Waals surface area contributed by atoms with E-state index in [2.05, 4.69) is 33.1 Å². The Hall–Kier alpha value is -0.0800. The molecule has 2 saturated carbocycles. The van der Waals surface area contributed by atoms with E-state index in [-0.39, 0.29) is 0 Å². The normalized spacial score (nSPS) is 33.7. The van der Waals surface area contributed by atoms with Gasteiger partial charge < -0.3 is 10.1 Å². The zero-order valence-corrected chi connectivity index (χ0v) is 12.0. The molecule has 0 heterocycles. The van der Waals surface area contributed by atoms with Crippen LogP contribution in [-0.4, -0.2) is 25.3 Å². The molecule has 2 rings (SSSR count). The number of nitrogens with one attached hydrogen (secondary N) is 1. The molecule has 3 unspecified atom stereocenters. The predicted octanol–water partition coefficient (Wildman–Crippen LogP) is 3.36. The Kier molecular flexibility index (Phi) is 4.14. The molecule has 0 aromatic rings. The van der Waals surface area contributed by atoms with Crippen molar-refractivity contribution >= 4 is 0 Å². The summed E-state index contributed by atoms with van der Waals surface area (Å²) >= 11 is 0. The quantitative estimate of drug-likeness (QED) is 0.812. The lowest BCUT2D eigenvalue weighted by Crippen LogP contribution is -2.64. The van der Waals surface area contributed by atoms with Crippen molar-refractivity contribution in [1.82, 2.24) is 5.32 Å². The van der Waals surface area contributed by atoms with Crippen LogP contribution in [-0.2, 0) is 4.74 Å². The maximum Gasteiger partial charge on any atom is 0.0665 e. The molecule has 2 fully saturated rings. The Labute approximate surface area is 107 Å². The van der Waals surface area contributed by atoms with Gasteiger partial charge in [0.05, 0.1) is 12.2 Å². The molecule has 0 aliphatic heterocycles. The van der Waals surface area contributed by atoms with Crippen LogP contribution in [0.15, 0.2) is 0 Å². The van der Waals surface area contributed by atoms with E-state index in [0.29, 0.717) is 29.6 Å². The molecule has 2 aliphatic rings. The highest BCUT2D eigenvalue weighted by Crippen LogP contribution is 2.53. The van der Waals surface area contributed by atoms with Crippen molar-refractivity contribution in [2.45, 2.75) is 77.5 Å². The predicted molar refractivity (Wildman–Crippen MR) is 72.2 cm³/mol. The minimum atomic E-state index is 0.400. The molecular weight excluding hydrogens is 210 g/mol. The summed E-state index contributed by atoms with van der Waals surface area (Å²) in [4.78, 5) is 0. The van der Waals surface area contributed by atoms with Gasteiger partial charge in [0.25, 0.3) is 0 Å². The molecule has 2 aliphatic carbocycles. The van der Waals surface area contributed by atoms with Crippen molar-refractivity contribution in [3.05, 3.63) is 0 Å². The van der Waals surface area contributed by atoms with Crippen LogP contribution in [0.1, 0.15) is 59.3 Å². The lowest BCUT2D eigenvalue weighted by atomic mass is 9.55. The Morgan fingerprint density at radius 1 is 1.12 bits per heavy atom. The summed E-state index contributed by atoms with van der Waals surface area (Å²) in [5, 5.41) is 3.51. The molecule has 1 spiro atoms. The third-order valence-electron chi connectivity index (χ3n) is 5.24. The molecule has 17 heavy (non-hydrogen) atoms. The van der Waals surface area contributed by atoms with Gasteiger partial charge >= 0.3 is 0 Å². The molecule has 0 amide bonds. The Morgan fingerprint density at radius 2 is 1.76 bits per heavy atom. The molecular formula is C15H29NO. The van der Waals surface area contributed by atoms with Crippen LogP contribution in [0.2, 0.25) is 0 Å². The third kappa shape index (κ3) is 2.39. The Bertz CT molecular complexity index is 245. The van der Waals surface area contributed by atoms with Crippen LogP contribution in [0.4, 0.5) is 0 Å². The summed E-state index contributed by atoms with van der Waals surface area (Å²) in [6, 6.07) is 0.701. The number of hydrogen-bond donors (Lipinski definition) is 1. The molecule has 0 aromatic carbocycles. The average Bonchev–Trinajstić information content (AvgIpc) is 2.34. The van der Waals surface area contributed by atoms with Gasteiger partial charge in [0.1, 0.15) is 0 Å². The first kappa shape index (κ1) is 13.4. The first-order valence-electron chi connectivity index (χ1n) is 7.43. The third-order valence-corrected chi connectivity index (χ3v) is 5.24. The first-order chi connectivity index (χ1) is 8.10. The van der Waals surface area contributed by atoms with Gasteiger partial charge in [0.15, 0.2) is 0 Å². The van der Waals surface area contributed by atoms with Crippen LogP contribution < -0.4 is 5.32 Å². The summed E-state index contributed by atoms with van der Waals surface area (Å²) in [6.07, 6.45) is 9.08. The SMILES string of the molecule is CNC1CC(OC(C)C(C)C)C12CCCCC2. The zero-order valence-electron chi connectivity index (χ0n) is 12.0. The minimum absolute atomic E-state index is 0.400. The minimum Gasteiger partial charge on any atom is -0.374 e. The van der Waals surface area contributed by atoms with Crippen LogP contribution in [0.25, 0.3) is 0 Å². The summed E-state index contributed by atoms with van der Waals surface area (Å²) in [5.74, 6) is 0.629. The van der Waals surface area contributed by atoms with Gasteiger partial charge in [-0.1, -0.05) is 33.1 Å². The van der Waals surface area contributed by atoms with Crippen molar-refractivity contribution in [1.29, 1.82) is 0 Å². The second-order valence-corrected chi connectivity index (χ2v) is 6.44. The fourth-order valence-corrected chi connectivity index (χ4v) is 3.64. The van der Waals surface area contributed by atoms with E-state index in [1.54, 1.807) is 0 Å². The number of hydrogen-bond acceptors (Lipinski definition) is 2. The molecule has 0 radical (unpaired) electrons. The highest BCUT2D eigenvalue weighted by molar-refractivity contribution is 5.08. The maximum atomic E-state index is 6.33. The second-order valence-electron chi connectivity index (χ2n) is 6.44. The first-order valence-corrected chi connectivity index (χ1v) is 7.43. The molecule has 0 saturated heterocycles. The second kappa shape index (κ2) is 5.27. The topological polar surface area (TPSA) is 21.3 Å². The van der Waals surface area contributed by atoms with Gasteiger partial charge in [0.2, 0.25) is 0 Å². The summed E-state index contributed by atoms with van der Waals surface area (Å²) in [7, 11) is 2.11. The number of rotatable bonds is 4. The van der Waals surface area contributed by atoms with Crippen LogP contribution in [0.5, 0.6) is 0 Å². The van der Waals surface area contributed by atoms with Crippen LogP contribution in [0, 0.1) is 11.3 Å². The van der Waals surface area contributed by atoms with Gasteiger partial charge in [-0.25, -0.2) is 0 Å². The van der Waals surface area contributed by atoms with E-state index in [1.165, 1.54) is 38.5 Å². The van der Waals surface area contributed by atoms with Gasteiger partial charge in [-0.3, -0.25) is 0 Å². The average molecular weight is 239 g/mol. The van der Waals surface area contributed by atoms with E-state index < -0.39 is 0 Å².